The molecule has 1 aliphatic rings. The van der Waals surface area contributed by atoms with E-state index < -0.39 is 17.9 Å². The Bertz CT molecular complexity index is 1300. The summed E-state index contributed by atoms with van der Waals surface area (Å²) >= 11 is 8.71. The zero-order valence-corrected chi connectivity index (χ0v) is 22.7. The van der Waals surface area contributed by atoms with Gasteiger partial charge in [-0.15, -0.1) is 21.5 Å². The quantitative estimate of drug-likeness (QED) is 0.293. The monoisotopic (exact) mass is 552 g/mol. The van der Waals surface area contributed by atoms with Crippen LogP contribution in [0.15, 0.2) is 23.4 Å². The number of nitrogens with one attached hydrogen (secondary N) is 1. The van der Waals surface area contributed by atoms with Gasteiger partial charge in [0.25, 0.3) is 0 Å². The van der Waals surface area contributed by atoms with Crippen molar-refractivity contribution in [3.05, 3.63) is 50.9 Å². The Morgan fingerprint density at radius 2 is 2.17 bits per heavy atom. The van der Waals surface area contributed by atoms with E-state index in [2.05, 4.69) is 22.4 Å². The molecule has 0 saturated heterocycles. The first kappa shape index (κ1) is 26.4. The topological polar surface area (TPSA) is 95.3 Å². The number of benzene rings is 1. The molecule has 2 atom stereocenters. The molecule has 4 rings (SSSR count). The average Bonchev–Trinajstić information content (AvgIpc) is 3.38. The highest BCUT2D eigenvalue weighted by atomic mass is 35.5. The van der Waals surface area contributed by atoms with Crippen LogP contribution in [0.4, 0.5) is 9.39 Å². The number of fused-ring (bicyclic) bond motifs is 1. The van der Waals surface area contributed by atoms with Crippen LogP contribution in [0.25, 0.3) is 0 Å². The van der Waals surface area contributed by atoms with E-state index in [0.29, 0.717) is 33.2 Å². The maximum atomic E-state index is 13.3. The minimum Gasteiger partial charge on any atom is -0.481 e. The molecule has 2 unspecified atom stereocenters. The van der Waals surface area contributed by atoms with Gasteiger partial charge in [0.15, 0.2) is 17.1 Å². The minimum absolute atomic E-state index is 0.0740. The smallest absolute Gasteiger partial charge is 0.341 e. The lowest BCUT2D eigenvalue weighted by Gasteiger charge is -2.18. The van der Waals surface area contributed by atoms with Crippen molar-refractivity contribution in [1.29, 1.82) is 0 Å². The number of carbonyl (C=O) groups is 2. The van der Waals surface area contributed by atoms with Crippen molar-refractivity contribution in [2.45, 2.75) is 44.4 Å². The number of methoxy groups -OCH3 is 1. The number of amides is 1. The van der Waals surface area contributed by atoms with Crippen LogP contribution in [0.3, 0.4) is 0 Å². The Morgan fingerprint density at radius 3 is 2.89 bits per heavy atom. The summed E-state index contributed by atoms with van der Waals surface area (Å²) in [5.41, 5.74) is 1.45. The molecule has 0 bridgehead atoms. The number of hydrogen-bond acceptors (Lipinski definition) is 8. The number of anilines is 1. The Kier molecular flexibility index (Phi) is 8.21. The van der Waals surface area contributed by atoms with E-state index in [1.54, 1.807) is 18.5 Å². The van der Waals surface area contributed by atoms with E-state index in [9.17, 15) is 14.0 Å². The van der Waals surface area contributed by atoms with Gasteiger partial charge in [-0.3, -0.25) is 4.79 Å². The second-order valence-corrected chi connectivity index (χ2v) is 11.1. The summed E-state index contributed by atoms with van der Waals surface area (Å²) in [5, 5.41) is 12.4. The van der Waals surface area contributed by atoms with Gasteiger partial charge in [0, 0.05) is 11.9 Å². The molecule has 1 aliphatic carbocycles. The van der Waals surface area contributed by atoms with Crippen LogP contribution in [0, 0.1) is 11.7 Å². The molecule has 8 nitrogen and oxygen atoms in total. The molecular weight excluding hydrogens is 527 g/mol. The Balaban J connectivity index is 1.41. The van der Waals surface area contributed by atoms with Gasteiger partial charge in [-0.2, -0.15) is 0 Å². The van der Waals surface area contributed by atoms with Crippen molar-refractivity contribution in [3.63, 3.8) is 0 Å². The predicted octanol–water partition coefficient (Wildman–Crippen LogP) is 5.45. The number of ether oxygens (including phenoxy) is 2. The van der Waals surface area contributed by atoms with Crippen LogP contribution < -0.4 is 10.1 Å². The summed E-state index contributed by atoms with van der Waals surface area (Å²) in [4.78, 5) is 26.4. The zero-order valence-electron chi connectivity index (χ0n) is 20.3. The van der Waals surface area contributed by atoms with Gasteiger partial charge < -0.3 is 19.4 Å². The van der Waals surface area contributed by atoms with Crippen molar-refractivity contribution in [1.82, 2.24) is 14.8 Å². The maximum Gasteiger partial charge on any atom is 0.341 e. The molecule has 2 heterocycles. The molecule has 36 heavy (non-hydrogen) atoms. The molecule has 1 amide bonds. The normalized spacial score (nSPS) is 15.8. The van der Waals surface area contributed by atoms with Gasteiger partial charge in [-0.05, 0) is 55.9 Å². The third kappa shape index (κ3) is 5.68. The number of thiophene rings is 1. The summed E-state index contributed by atoms with van der Waals surface area (Å²) in [6, 6.07) is 3.90. The molecule has 0 aliphatic heterocycles. The molecule has 2 aromatic heterocycles. The highest BCUT2D eigenvalue weighted by Gasteiger charge is 2.29. The number of thioether (sulfide) groups is 1. The number of hydrogen-bond donors (Lipinski definition) is 1. The Hall–Kier alpha value is -2.63. The van der Waals surface area contributed by atoms with E-state index in [1.165, 1.54) is 48.4 Å². The van der Waals surface area contributed by atoms with E-state index in [-0.39, 0.29) is 16.7 Å². The molecule has 192 valence electrons. The van der Waals surface area contributed by atoms with Gasteiger partial charge in [-0.1, -0.05) is 30.3 Å². The Labute approximate surface area is 221 Å². The van der Waals surface area contributed by atoms with Crippen molar-refractivity contribution in [2.75, 3.05) is 18.2 Å². The average molecular weight is 553 g/mol. The highest BCUT2D eigenvalue weighted by Crippen LogP contribution is 2.40. The van der Waals surface area contributed by atoms with Crippen molar-refractivity contribution < 1.29 is 23.5 Å². The Morgan fingerprint density at radius 1 is 1.39 bits per heavy atom. The second kappa shape index (κ2) is 11.2. The fraction of sp³-hybridized carbons (Fsp3) is 0.417. The molecule has 0 fully saturated rings. The molecule has 1 aromatic carbocycles. The van der Waals surface area contributed by atoms with Crippen LogP contribution in [-0.2, 0) is 29.4 Å². The fourth-order valence-electron chi connectivity index (χ4n) is 4.07. The summed E-state index contributed by atoms with van der Waals surface area (Å²) < 4.78 is 25.8. The SMILES string of the molecule is COC(=O)c1c(NC(=O)CSc2nnc(C(C)Oc3ccc(F)cc3Cl)n2C)sc2c1CCC(C)C2. The van der Waals surface area contributed by atoms with Crippen LogP contribution in [0.5, 0.6) is 5.75 Å². The number of rotatable bonds is 8. The van der Waals surface area contributed by atoms with Gasteiger partial charge >= 0.3 is 5.97 Å². The lowest BCUT2D eigenvalue weighted by atomic mass is 9.88. The minimum atomic E-state index is -0.518. The van der Waals surface area contributed by atoms with Crippen molar-refractivity contribution >= 4 is 51.6 Å². The number of aromatic nitrogens is 3. The first-order valence-corrected chi connectivity index (χ1v) is 13.5. The highest BCUT2D eigenvalue weighted by molar-refractivity contribution is 7.99. The van der Waals surface area contributed by atoms with Gasteiger partial charge in [0.05, 0.1) is 23.4 Å². The summed E-state index contributed by atoms with van der Waals surface area (Å²) in [5.74, 6) is 0.317. The largest absolute Gasteiger partial charge is 0.481 e. The number of carbonyl (C=O) groups excluding carboxylic acids is 2. The molecular formula is C24H26ClFN4O4S2. The summed E-state index contributed by atoms with van der Waals surface area (Å²) in [6.07, 6.45) is 2.17. The molecule has 12 heteroatoms. The maximum absolute atomic E-state index is 13.3. The summed E-state index contributed by atoms with van der Waals surface area (Å²) in [7, 11) is 3.12. The predicted molar refractivity (Wildman–Crippen MR) is 138 cm³/mol. The van der Waals surface area contributed by atoms with Crippen LogP contribution >= 0.6 is 34.7 Å². The number of nitrogens with zero attached hydrogens (tertiary/aromatic N) is 3. The van der Waals surface area contributed by atoms with E-state index in [1.807, 2.05) is 0 Å². The standard InChI is InChI=1S/C24H26ClFN4O4S2/c1-12-5-7-15-18(9-12)36-22(20(15)23(32)33-4)27-19(31)11-35-24-29-28-21(30(24)3)13(2)34-17-8-6-14(26)10-16(17)25/h6,8,10,12-13H,5,7,9,11H2,1-4H3,(H,27,31). The zero-order chi connectivity index (χ0) is 26.0. The van der Waals surface area contributed by atoms with E-state index >= 15 is 0 Å². The van der Waals surface area contributed by atoms with Gasteiger partial charge in [0.2, 0.25) is 5.91 Å². The number of halogens is 2. The van der Waals surface area contributed by atoms with Crippen molar-refractivity contribution in [2.24, 2.45) is 13.0 Å². The third-order valence-corrected chi connectivity index (χ3v) is 8.40. The van der Waals surface area contributed by atoms with Gasteiger partial charge in [-0.25, -0.2) is 9.18 Å². The van der Waals surface area contributed by atoms with Crippen molar-refractivity contribution in [3.8, 4) is 5.75 Å². The first-order valence-electron chi connectivity index (χ1n) is 11.3. The second-order valence-electron chi connectivity index (χ2n) is 8.62. The number of esters is 1. The van der Waals surface area contributed by atoms with Crippen LogP contribution in [0.1, 0.15) is 53.0 Å². The third-order valence-electron chi connectivity index (χ3n) is 5.92. The van der Waals surface area contributed by atoms with Crippen LogP contribution in [-0.4, -0.2) is 39.5 Å². The molecule has 0 radical (unpaired) electrons. The van der Waals surface area contributed by atoms with E-state index in [0.717, 1.165) is 29.7 Å². The summed E-state index contributed by atoms with van der Waals surface area (Å²) in [6.45, 7) is 3.96. The van der Waals surface area contributed by atoms with Gasteiger partial charge in [0.1, 0.15) is 16.6 Å². The fourth-order valence-corrected chi connectivity index (χ4v) is 6.41. The van der Waals surface area contributed by atoms with Crippen LogP contribution in [0.2, 0.25) is 5.02 Å². The molecule has 3 aromatic rings. The first-order chi connectivity index (χ1) is 17.2. The molecule has 0 spiro atoms. The van der Waals surface area contributed by atoms with E-state index in [4.69, 9.17) is 21.1 Å². The lowest BCUT2D eigenvalue weighted by Crippen LogP contribution is -2.17. The lowest BCUT2D eigenvalue weighted by molar-refractivity contribution is -0.113. The molecule has 0 saturated carbocycles. The molecule has 1 N–H and O–H groups in total.